The number of H-pyrrole nitrogens is 1. The molecule has 4 aromatic rings. The number of methoxy groups -OCH3 is 1. The first-order valence-electron chi connectivity index (χ1n) is 10.8. The maximum absolute atomic E-state index is 12.7. The summed E-state index contributed by atoms with van der Waals surface area (Å²) in [5.74, 6) is -0.411. The molecule has 0 unspecified atom stereocenters. The summed E-state index contributed by atoms with van der Waals surface area (Å²) in [6.07, 6.45) is -1.30. The van der Waals surface area contributed by atoms with E-state index >= 15 is 0 Å². The molecule has 1 saturated heterocycles. The second kappa shape index (κ2) is 6.67. The molecule has 0 radical (unpaired) electrons. The third-order valence-electron chi connectivity index (χ3n) is 6.88. The molecular weight excluding hydrogens is 465 g/mol. The van der Waals surface area contributed by atoms with Crippen molar-refractivity contribution in [1.82, 2.24) is 19.5 Å². The van der Waals surface area contributed by atoms with Crippen LogP contribution in [0.25, 0.3) is 22.1 Å². The molecule has 4 N–H and O–H groups in total. The van der Waals surface area contributed by atoms with Crippen molar-refractivity contribution < 1.29 is 28.5 Å². The molecule has 3 aliphatic rings. The SMILES string of the molecule is COc1cc2c(c3oc(=O)c4c(c13)CCC4=O)[C@H]1[C@@H](O2)O[C@@H](n2cnc3n[13c]([15NH2])[15nH]c(=O)c32)[C@@H]1O. The number of aromatic nitrogens is 4. The van der Waals surface area contributed by atoms with Crippen LogP contribution >= 0.6 is 0 Å². The Bertz CT molecular complexity index is 1720. The summed E-state index contributed by atoms with van der Waals surface area (Å²) in [7, 11) is 1.47. The zero-order valence-corrected chi connectivity index (χ0v) is 18.1. The Morgan fingerprint density at radius 1 is 1.29 bits per heavy atom. The van der Waals surface area contributed by atoms with E-state index in [2.05, 4.69) is 15.0 Å². The van der Waals surface area contributed by atoms with Crippen molar-refractivity contribution in [2.45, 2.75) is 37.4 Å². The van der Waals surface area contributed by atoms with Gasteiger partial charge in [0.2, 0.25) is 12.2 Å². The summed E-state index contributed by atoms with van der Waals surface area (Å²) in [6, 6.07) is 1.63. The number of ether oxygens (including phenoxy) is 3. The molecule has 7 rings (SSSR count). The molecular formula is C22H17N5O8. The average Bonchev–Trinajstić information content (AvgIpc) is 3.56. The molecule has 0 saturated carbocycles. The van der Waals surface area contributed by atoms with Crippen LogP contribution in [-0.2, 0) is 11.2 Å². The lowest BCUT2D eigenvalue weighted by Crippen LogP contribution is -2.25. The third kappa shape index (κ3) is 2.50. The number of anilines is 1. The summed E-state index contributed by atoms with van der Waals surface area (Å²) in [5, 5.41) is 11.9. The number of aliphatic hydroxyl groups excluding tert-OH is 1. The van der Waals surface area contributed by atoms with Crippen molar-refractivity contribution in [3.8, 4) is 11.5 Å². The predicted molar refractivity (Wildman–Crippen MR) is 118 cm³/mol. The lowest BCUT2D eigenvalue weighted by atomic mass is 9.91. The summed E-state index contributed by atoms with van der Waals surface area (Å²) in [4.78, 5) is 48.1. The van der Waals surface area contributed by atoms with Gasteiger partial charge in [-0.3, -0.25) is 19.1 Å². The van der Waals surface area contributed by atoms with Crippen LogP contribution in [0.4, 0.5) is 5.95 Å². The summed E-state index contributed by atoms with van der Waals surface area (Å²) >= 11 is 0. The van der Waals surface area contributed by atoms with E-state index in [0.29, 0.717) is 34.4 Å². The first-order valence-corrected chi connectivity index (χ1v) is 10.8. The second-order valence-electron chi connectivity index (χ2n) is 8.67. The Morgan fingerprint density at radius 2 is 2.11 bits per heavy atom. The number of aromatic amines is 1. The fraction of sp³-hybridized carbons (Fsp3) is 0.318. The van der Waals surface area contributed by atoms with Gasteiger partial charge in [-0.1, -0.05) is 0 Å². The molecule has 2 aliphatic heterocycles. The van der Waals surface area contributed by atoms with Crippen molar-refractivity contribution in [3.63, 3.8) is 0 Å². The quantitative estimate of drug-likeness (QED) is 0.264. The van der Waals surface area contributed by atoms with Gasteiger partial charge in [0.15, 0.2) is 23.2 Å². The maximum atomic E-state index is 12.7. The number of aliphatic hydroxyl groups is 1. The number of nitrogens with two attached hydrogens (primary N) is 1. The Kier molecular flexibility index (Phi) is 3.85. The summed E-state index contributed by atoms with van der Waals surface area (Å²) in [5.41, 5.74) is 5.69. The van der Waals surface area contributed by atoms with E-state index in [-0.39, 0.29) is 40.5 Å². The molecule has 0 spiro atoms. The van der Waals surface area contributed by atoms with Gasteiger partial charge in [-0.2, -0.15) is 4.98 Å². The monoisotopic (exact) mass is 482 g/mol. The lowest BCUT2D eigenvalue weighted by molar-refractivity contribution is -0.103. The lowest BCUT2D eigenvalue weighted by Gasteiger charge is -2.20. The molecule has 5 heterocycles. The minimum atomic E-state index is -1.22. The molecule has 0 bridgehead atoms. The number of nitrogens with one attached hydrogen (secondary N) is 1. The topological polar surface area (TPSA) is 185 Å². The van der Waals surface area contributed by atoms with Crippen molar-refractivity contribution in [1.29, 1.82) is 0 Å². The molecule has 3 aromatic heterocycles. The molecule has 13 nitrogen and oxygen atoms in total. The fourth-order valence-electron chi connectivity index (χ4n) is 5.45. The number of hydrogen-bond acceptors (Lipinski definition) is 11. The number of nitrogen functional groups attached to an aromatic ring is 1. The Labute approximate surface area is 194 Å². The predicted octanol–water partition coefficient (Wildman–Crippen LogP) is 0.338. The molecule has 35 heavy (non-hydrogen) atoms. The Morgan fingerprint density at radius 3 is 2.91 bits per heavy atom. The number of ketones is 1. The molecule has 178 valence electrons. The first-order chi connectivity index (χ1) is 16.9. The van der Waals surface area contributed by atoms with Crippen LogP contribution in [0.1, 0.15) is 40.1 Å². The summed E-state index contributed by atoms with van der Waals surface area (Å²) in [6.45, 7) is 0. The minimum Gasteiger partial charge on any atom is -0.496 e. The highest BCUT2D eigenvalue weighted by Gasteiger charge is 2.54. The maximum Gasteiger partial charge on any atom is 0.347 e. The Balaban J connectivity index is 1.41. The number of benzene rings is 1. The fourth-order valence-corrected chi connectivity index (χ4v) is 5.45. The molecule has 1 fully saturated rings. The van der Waals surface area contributed by atoms with Crippen LogP contribution in [0.15, 0.2) is 26.4 Å². The first kappa shape index (κ1) is 20.2. The van der Waals surface area contributed by atoms with Crippen molar-refractivity contribution >= 4 is 33.9 Å². The van der Waals surface area contributed by atoms with E-state index in [9.17, 15) is 19.5 Å². The van der Waals surface area contributed by atoms with Crippen LogP contribution in [0.5, 0.6) is 11.5 Å². The van der Waals surface area contributed by atoms with E-state index < -0.39 is 35.7 Å². The zero-order chi connectivity index (χ0) is 24.2. The number of fused-ring (bicyclic) bond motifs is 8. The highest BCUT2D eigenvalue weighted by molar-refractivity contribution is 6.06. The second-order valence-corrected chi connectivity index (χ2v) is 8.67. The van der Waals surface area contributed by atoms with Gasteiger partial charge < -0.3 is 29.5 Å². The van der Waals surface area contributed by atoms with Gasteiger partial charge in [0.05, 0.1) is 24.0 Å². The van der Waals surface area contributed by atoms with Gasteiger partial charge in [0.25, 0.3) is 5.56 Å². The number of hydrogen-bond donors (Lipinski definition) is 3. The van der Waals surface area contributed by atoms with E-state index in [1.54, 1.807) is 6.07 Å². The molecule has 4 atom stereocenters. The molecule has 1 aliphatic carbocycles. The van der Waals surface area contributed by atoms with Gasteiger partial charge in [0, 0.05) is 12.5 Å². The number of Topliss-reactive ketones (excluding diaryl/α,β-unsaturated/α-hetero) is 1. The smallest absolute Gasteiger partial charge is 0.347 e. The highest BCUT2D eigenvalue weighted by Crippen LogP contribution is 2.54. The average molecular weight is 482 g/mol. The number of nitrogens with zero attached hydrogens (tertiary/aromatic N) is 3. The number of rotatable bonds is 2. The Hall–Kier alpha value is -4.23. The van der Waals surface area contributed by atoms with Crippen LogP contribution in [-0.4, -0.2) is 49.9 Å². The number of carbonyl (C=O) groups excluding carboxylic acids is 1. The summed E-state index contributed by atoms with van der Waals surface area (Å²) < 4.78 is 24.5. The standard InChI is InChI=1S/C22H17N5O8/c1-32-8-4-9-12(16-11(8)6-2-3-7(28)10(6)20(31)34-16)13-15(29)19(35-21(13)33-9)27-5-24-17-14(27)18(30)26-22(23)25-17/h4-5,13,15,19,21,29H,2-3H2,1H3,(H3,23,25,26,30)/t13-,15-,19-,21+/m1/s1/i22+1,23+1,26+1. The van der Waals surface area contributed by atoms with Crippen molar-refractivity contribution in [3.05, 3.63) is 49.9 Å². The van der Waals surface area contributed by atoms with Crippen LogP contribution < -0.4 is 26.4 Å². The van der Waals surface area contributed by atoms with Gasteiger partial charge >= 0.3 is 5.63 Å². The largest absolute Gasteiger partial charge is 0.496 e. The number of carbonyl (C=O) groups is 1. The molecule has 0 amide bonds. The van der Waals surface area contributed by atoms with E-state index in [0.717, 1.165) is 0 Å². The third-order valence-corrected chi connectivity index (χ3v) is 6.88. The number of aryl methyl sites for hydroxylation is 1. The number of imidazole rings is 1. The van der Waals surface area contributed by atoms with Gasteiger partial charge in [-0.25, -0.2) is 9.78 Å². The van der Waals surface area contributed by atoms with Gasteiger partial charge in [0.1, 0.15) is 35.1 Å². The normalized spacial score (nSPS) is 24.6. The van der Waals surface area contributed by atoms with Gasteiger partial charge in [-0.15, -0.1) is 0 Å². The van der Waals surface area contributed by atoms with Crippen LogP contribution in [0, 0.1) is 0 Å². The minimum absolute atomic E-state index is 0.0307. The van der Waals surface area contributed by atoms with E-state index in [1.807, 2.05) is 0 Å². The van der Waals surface area contributed by atoms with E-state index in [1.165, 1.54) is 18.0 Å². The van der Waals surface area contributed by atoms with E-state index in [4.69, 9.17) is 24.4 Å². The van der Waals surface area contributed by atoms with Crippen molar-refractivity contribution in [2.24, 2.45) is 0 Å². The molecule has 13 heteroatoms. The van der Waals surface area contributed by atoms with Gasteiger partial charge in [-0.05, 0) is 12.0 Å². The van der Waals surface area contributed by atoms with Crippen molar-refractivity contribution in [2.75, 3.05) is 12.8 Å². The van der Waals surface area contributed by atoms with Crippen LogP contribution in [0.2, 0.25) is 0 Å². The van der Waals surface area contributed by atoms with Crippen LogP contribution in [0.3, 0.4) is 0 Å². The molecule has 1 aromatic carbocycles. The highest BCUT2D eigenvalue weighted by atomic mass is 16.7. The zero-order valence-electron chi connectivity index (χ0n) is 18.1.